The lowest BCUT2D eigenvalue weighted by atomic mass is 10.2. The van der Waals surface area contributed by atoms with Crippen molar-refractivity contribution in [1.82, 2.24) is 20.3 Å². The summed E-state index contributed by atoms with van der Waals surface area (Å²) < 4.78 is 23.0. The molecule has 0 amide bonds. The topological polar surface area (TPSA) is 130 Å². The Kier molecular flexibility index (Phi) is 7.82. The van der Waals surface area contributed by atoms with E-state index in [0.29, 0.717) is 37.2 Å². The monoisotopic (exact) mass is 406 g/mol. The molecule has 146 valence electrons. The maximum atomic E-state index is 12.5. The highest BCUT2D eigenvalue weighted by molar-refractivity contribution is 7.53. The summed E-state index contributed by atoms with van der Waals surface area (Å²) in [5.74, 6) is -0.223. The number of nitrogens with zero attached hydrogens (tertiary/aromatic N) is 2. The first-order valence-electron chi connectivity index (χ1n) is 8.37. The Balaban J connectivity index is 2.00. The Morgan fingerprint density at radius 3 is 2.65 bits per heavy atom. The van der Waals surface area contributed by atoms with Gasteiger partial charge in [-0.25, -0.2) is 4.98 Å². The van der Waals surface area contributed by atoms with Crippen molar-refractivity contribution in [2.45, 2.75) is 32.9 Å². The van der Waals surface area contributed by atoms with Crippen LogP contribution in [-0.4, -0.2) is 57.2 Å². The Labute approximate surface area is 156 Å². The van der Waals surface area contributed by atoms with Gasteiger partial charge in [0.1, 0.15) is 11.0 Å². The van der Waals surface area contributed by atoms with Crippen molar-refractivity contribution < 1.29 is 23.8 Å². The Morgan fingerprint density at radius 2 is 2.04 bits per heavy atom. The fourth-order valence-corrected chi connectivity index (χ4v) is 4.45. The van der Waals surface area contributed by atoms with Crippen molar-refractivity contribution in [2.24, 2.45) is 0 Å². The zero-order valence-corrected chi connectivity index (χ0v) is 16.4. The molecule has 0 aliphatic rings. The lowest BCUT2D eigenvalue weighted by Gasteiger charge is -2.20. The predicted molar refractivity (Wildman–Crippen MR) is 98.6 cm³/mol. The van der Waals surface area contributed by atoms with Gasteiger partial charge in [0.25, 0.3) is 0 Å². The molecular formula is C15H24ClN4O5P. The van der Waals surface area contributed by atoms with Crippen molar-refractivity contribution in [3.8, 4) is 5.88 Å². The van der Waals surface area contributed by atoms with E-state index in [9.17, 15) is 14.8 Å². The normalized spacial score (nSPS) is 13.4. The average molecular weight is 407 g/mol. The molecule has 0 saturated heterocycles. The summed E-state index contributed by atoms with van der Waals surface area (Å²) in [6, 6.07) is -0.305. The summed E-state index contributed by atoms with van der Waals surface area (Å²) in [6.07, 6.45) is 2.30. The zero-order valence-electron chi connectivity index (χ0n) is 14.7. The van der Waals surface area contributed by atoms with Gasteiger partial charge in [0.15, 0.2) is 0 Å². The van der Waals surface area contributed by atoms with E-state index in [4.69, 9.17) is 20.6 Å². The number of nitrogens with one attached hydrogen (secondary N) is 2. The fourth-order valence-electron chi connectivity index (χ4n) is 2.54. The smallest absolute Gasteiger partial charge is 0.330 e. The minimum absolute atomic E-state index is 0.0519. The number of aliphatic hydroxyl groups is 1. The van der Waals surface area contributed by atoms with E-state index >= 15 is 0 Å². The predicted octanol–water partition coefficient (Wildman–Crippen LogP) is 2.42. The number of rotatable bonds is 11. The molecule has 0 radical (unpaired) electrons. The molecule has 4 N–H and O–H groups in total. The van der Waals surface area contributed by atoms with Crippen LogP contribution in [0.2, 0.25) is 5.28 Å². The van der Waals surface area contributed by atoms with E-state index in [1.807, 2.05) is 0 Å². The van der Waals surface area contributed by atoms with Crippen LogP contribution in [0.3, 0.4) is 0 Å². The average Bonchev–Trinajstić information content (AvgIpc) is 2.99. The van der Waals surface area contributed by atoms with E-state index in [2.05, 4.69) is 20.3 Å². The van der Waals surface area contributed by atoms with Crippen LogP contribution in [0.1, 0.15) is 25.8 Å². The summed E-state index contributed by atoms with van der Waals surface area (Å²) in [4.78, 5) is 10.7. The Bertz CT molecular complexity index is 762. The molecule has 2 aromatic heterocycles. The largest absolute Gasteiger partial charge is 0.492 e. The molecule has 1 atom stereocenters. The first-order valence-corrected chi connectivity index (χ1v) is 10.5. The molecule has 11 heteroatoms. The van der Waals surface area contributed by atoms with Gasteiger partial charge in [-0.15, -0.1) is 0 Å². The van der Waals surface area contributed by atoms with Gasteiger partial charge >= 0.3 is 7.60 Å². The van der Waals surface area contributed by atoms with Crippen LogP contribution < -0.4 is 5.32 Å². The number of aromatic nitrogens is 3. The van der Waals surface area contributed by atoms with E-state index in [-0.39, 0.29) is 30.0 Å². The molecule has 9 nitrogen and oxygen atoms in total. The zero-order chi connectivity index (χ0) is 19.2. The van der Waals surface area contributed by atoms with Gasteiger partial charge in [0.2, 0.25) is 11.2 Å². The minimum Gasteiger partial charge on any atom is -0.492 e. The second kappa shape index (κ2) is 9.64. The van der Waals surface area contributed by atoms with Crippen LogP contribution in [0.25, 0.3) is 11.0 Å². The van der Waals surface area contributed by atoms with Crippen LogP contribution >= 0.6 is 19.2 Å². The van der Waals surface area contributed by atoms with Gasteiger partial charge < -0.3 is 29.6 Å². The lowest BCUT2D eigenvalue weighted by molar-refractivity contribution is 0.211. The van der Waals surface area contributed by atoms with Gasteiger partial charge in [-0.3, -0.25) is 4.57 Å². The molecule has 0 aliphatic carbocycles. The molecule has 0 saturated carbocycles. The summed E-state index contributed by atoms with van der Waals surface area (Å²) in [5.41, 5.74) is 1.65. The molecule has 2 heterocycles. The molecule has 0 spiro atoms. The maximum Gasteiger partial charge on any atom is 0.330 e. The molecule has 2 aromatic rings. The molecule has 0 aliphatic heterocycles. The van der Waals surface area contributed by atoms with Gasteiger partial charge in [-0.05, 0) is 31.9 Å². The lowest BCUT2D eigenvalue weighted by Crippen LogP contribution is -2.33. The highest BCUT2D eigenvalue weighted by atomic mass is 35.5. The van der Waals surface area contributed by atoms with Crippen LogP contribution in [-0.2, 0) is 20.2 Å². The third kappa shape index (κ3) is 5.39. The molecule has 0 unspecified atom stereocenters. The molecular weight excluding hydrogens is 383 g/mol. The molecule has 0 aromatic carbocycles. The number of hydrogen-bond donors (Lipinski definition) is 4. The van der Waals surface area contributed by atoms with Gasteiger partial charge in [-0.1, -0.05) is 0 Å². The highest BCUT2D eigenvalue weighted by Gasteiger charge is 2.25. The third-order valence-electron chi connectivity index (χ3n) is 3.76. The number of aromatic hydroxyl groups is 1. The first kappa shape index (κ1) is 21.1. The number of aromatic amines is 1. The minimum atomic E-state index is -3.15. The van der Waals surface area contributed by atoms with Crippen molar-refractivity contribution in [3.05, 3.63) is 17.0 Å². The second-order valence-corrected chi connectivity index (χ2v) is 8.10. The third-order valence-corrected chi connectivity index (χ3v) is 6.04. The molecule has 0 fully saturated rings. The Hall–Kier alpha value is -1.22. The number of H-pyrrole nitrogens is 1. The molecule has 2 rings (SSSR count). The van der Waals surface area contributed by atoms with Crippen LogP contribution in [0.4, 0.5) is 0 Å². The van der Waals surface area contributed by atoms with Gasteiger partial charge in [0, 0.05) is 24.3 Å². The summed E-state index contributed by atoms with van der Waals surface area (Å²) in [5, 5.41) is 22.5. The van der Waals surface area contributed by atoms with Crippen LogP contribution in [0, 0.1) is 0 Å². The standard InChI is InChI=1S/C15H24ClN4O5P/c1-3-24-26(23,25-4-2)6-5-11(9-21)17-7-10-8-18-13-12(10)19-15(16)20-14(13)22/h8,11,17-18,21H,3-7,9H2,1-2H3,(H,19,20,22)/t11-/m1/s1. The van der Waals surface area contributed by atoms with E-state index < -0.39 is 7.60 Å². The van der Waals surface area contributed by atoms with E-state index in [1.54, 1.807) is 20.0 Å². The quantitative estimate of drug-likeness (QED) is 0.330. The summed E-state index contributed by atoms with van der Waals surface area (Å²) in [7, 11) is -3.15. The fraction of sp³-hybridized carbons (Fsp3) is 0.600. The van der Waals surface area contributed by atoms with Gasteiger partial charge in [0.05, 0.1) is 26.0 Å². The van der Waals surface area contributed by atoms with Crippen molar-refractivity contribution in [2.75, 3.05) is 26.0 Å². The van der Waals surface area contributed by atoms with Crippen molar-refractivity contribution in [1.29, 1.82) is 0 Å². The van der Waals surface area contributed by atoms with Crippen LogP contribution in [0.5, 0.6) is 5.88 Å². The molecule has 0 bridgehead atoms. The van der Waals surface area contributed by atoms with Crippen molar-refractivity contribution >= 4 is 30.2 Å². The number of hydrogen-bond acceptors (Lipinski definition) is 8. The second-order valence-electron chi connectivity index (χ2n) is 5.57. The van der Waals surface area contributed by atoms with E-state index in [0.717, 1.165) is 5.56 Å². The number of fused-ring (bicyclic) bond motifs is 1. The summed E-state index contributed by atoms with van der Waals surface area (Å²) in [6.45, 7) is 4.34. The van der Waals surface area contributed by atoms with E-state index in [1.165, 1.54) is 0 Å². The maximum absolute atomic E-state index is 12.5. The Morgan fingerprint density at radius 1 is 1.35 bits per heavy atom. The van der Waals surface area contributed by atoms with Crippen molar-refractivity contribution in [3.63, 3.8) is 0 Å². The highest BCUT2D eigenvalue weighted by Crippen LogP contribution is 2.48. The SMILES string of the molecule is CCOP(=O)(CC[C@H](CO)NCc1c[nH]c2c(O)nc(Cl)nc12)OCC. The van der Waals surface area contributed by atoms with Crippen LogP contribution in [0.15, 0.2) is 6.20 Å². The number of halogens is 1. The summed E-state index contributed by atoms with van der Waals surface area (Å²) >= 11 is 5.79. The number of aliphatic hydroxyl groups excluding tert-OH is 1. The molecule has 26 heavy (non-hydrogen) atoms. The van der Waals surface area contributed by atoms with Gasteiger partial charge in [-0.2, -0.15) is 4.98 Å². The first-order chi connectivity index (χ1) is 12.4.